The van der Waals surface area contributed by atoms with E-state index in [1.54, 1.807) is 0 Å². The maximum Gasteiger partial charge on any atom is 0.307 e. The lowest BCUT2D eigenvalue weighted by atomic mass is 10.1. The summed E-state index contributed by atoms with van der Waals surface area (Å²) in [5.74, 6) is -6.79. The molecule has 0 bridgehead atoms. The average molecular weight is 391 g/mol. The first kappa shape index (κ1) is 19.9. The molecule has 0 spiro atoms. The van der Waals surface area contributed by atoms with E-state index in [1.165, 1.54) is 12.1 Å². The van der Waals surface area contributed by atoms with Crippen LogP contribution in [0.4, 0.5) is 17.6 Å². The Morgan fingerprint density at radius 3 is 2.23 bits per heavy atom. The van der Waals surface area contributed by atoms with Gasteiger partial charge in [0.15, 0.2) is 17.5 Å². The molecule has 1 N–H and O–H groups in total. The van der Waals surface area contributed by atoms with Crippen molar-refractivity contribution >= 4 is 16.0 Å². The summed E-state index contributed by atoms with van der Waals surface area (Å²) in [5, 5.41) is 0. The Morgan fingerprint density at radius 2 is 1.65 bits per heavy atom. The number of rotatable bonds is 6. The van der Waals surface area contributed by atoms with Gasteiger partial charge in [0.2, 0.25) is 10.0 Å². The van der Waals surface area contributed by atoms with Gasteiger partial charge < -0.3 is 4.74 Å². The number of benzene rings is 2. The van der Waals surface area contributed by atoms with Crippen molar-refractivity contribution in [2.45, 2.75) is 17.4 Å². The van der Waals surface area contributed by atoms with Gasteiger partial charge in [-0.05, 0) is 29.8 Å². The third-order valence-electron chi connectivity index (χ3n) is 3.46. The van der Waals surface area contributed by atoms with Crippen LogP contribution in [0.25, 0.3) is 0 Å². The molecule has 0 fully saturated rings. The Kier molecular flexibility index (Phi) is 5.98. The van der Waals surface area contributed by atoms with Crippen molar-refractivity contribution in [3.8, 4) is 0 Å². The van der Waals surface area contributed by atoms with Gasteiger partial charge >= 0.3 is 5.97 Å². The van der Waals surface area contributed by atoms with Gasteiger partial charge in [-0.2, -0.15) is 0 Å². The van der Waals surface area contributed by atoms with Crippen LogP contribution in [0.15, 0.2) is 41.3 Å². The number of sulfonamides is 1. The quantitative estimate of drug-likeness (QED) is 0.467. The number of halogens is 4. The van der Waals surface area contributed by atoms with E-state index >= 15 is 0 Å². The molecule has 2 aromatic carbocycles. The summed E-state index contributed by atoms with van der Waals surface area (Å²) in [7, 11) is -3.60. The number of hydrogen-bond acceptors (Lipinski definition) is 4. The van der Waals surface area contributed by atoms with Gasteiger partial charge in [-0.15, -0.1) is 0 Å². The monoisotopic (exact) mass is 391 g/mol. The summed E-state index contributed by atoms with van der Waals surface area (Å²) in [4.78, 5) is 10.4. The van der Waals surface area contributed by atoms with Crippen LogP contribution in [-0.2, 0) is 19.6 Å². The first-order valence-electron chi connectivity index (χ1n) is 7.14. The zero-order valence-corrected chi connectivity index (χ0v) is 14.1. The molecule has 1 atom stereocenters. The molecule has 0 saturated heterocycles. The lowest BCUT2D eigenvalue weighted by Gasteiger charge is -2.18. The second-order valence-electron chi connectivity index (χ2n) is 5.18. The fourth-order valence-corrected chi connectivity index (χ4v) is 3.43. The van der Waals surface area contributed by atoms with Gasteiger partial charge in [0.05, 0.1) is 19.6 Å². The highest BCUT2D eigenvalue weighted by molar-refractivity contribution is 7.89. The average Bonchev–Trinajstić information content (AvgIpc) is 2.59. The van der Waals surface area contributed by atoms with E-state index < -0.39 is 56.6 Å². The zero-order chi connectivity index (χ0) is 19.5. The predicted octanol–water partition coefficient (Wildman–Crippen LogP) is 2.83. The highest BCUT2D eigenvalue weighted by Gasteiger charge is 2.28. The summed E-state index contributed by atoms with van der Waals surface area (Å²) >= 11 is 0. The topological polar surface area (TPSA) is 72.5 Å². The fourth-order valence-electron chi connectivity index (χ4n) is 2.14. The molecule has 140 valence electrons. The molecule has 0 aliphatic rings. The molecule has 0 heterocycles. The van der Waals surface area contributed by atoms with Crippen molar-refractivity contribution in [3.63, 3.8) is 0 Å². The smallest absolute Gasteiger partial charge is 0.307 e. The van der Waals surface area contributed by atoms with Crippen molar-refractivity contribution < 1.29 is 35.5 Å². The van der Waals surface area contributed by atoms with Crippen LogP contribution < -0.4 is 4.72 Å². The predicted molar refractivity (Wildman–Crippen MR) is 82.4 cm³/mol. The molecule has 0 aliphatic carbocycles. The molecule has 2 aromatic rings. The van der Waals surface area contributed by atoms with Crippen LogP contribution in [0.2, 0.25) is 0 Å². The van der Waals surface area contributed by atoms with Gasteiger partial charge in [0.25, 0.3) is 0 Å². The summed E-state index contributed by atoms with van der Waals surface area (Å²) in [5.41, 5.74) is 0.184. The molecule has 0 amide bonds. The Hall–Kier alpha value is -2.46. The van der Waals surface area contributed by atoms with Crippen molar-refractivity contribution in [1.82, 2.24) is 4.72 Å². The maximum absolute atomic E-state index is 13.8. The normalized spacial score (nSPS) is 12.7. The van der Waals surface area contributed by atoms with Crippen LogP contribution in [-0.4, -0.2) is 21.5 Å². The molecule has 0 aliphatic heterocycles. The molecule has 26 heavy (non-hydrogen) atoms. The maximum atomic E-state index is 13.8. The van der Waals surface area contributed by atoms with Crippen LogP contribution in [0.1, 0.15) is 18.0 Å². The molecule has 5 nitrogen and oxygen atoms in total. The molecular formula is C16H13F4NO4S. The SMILES string of the molecule is COC(=O)C[C@@H](NS(=O)(=O)c1ccc(F)c(F)c1F)c1ccc(F)cc1. The number of methoxy groups -OCH3 is 1. The van der Waals surface area contributed by atoms with Gasteiger partial charge in [0, 0.05) is 0 Å². The minimum atomic E-state index is -4.67. The van der Waals surface area contributed by atoms with E-state index in [2.05, 4.69) is 4.74 Å². The van der Waals surface area contributed by atoms with Crippen LogP contribution in [0.3, 0.4) is 0 Å². The third-order valence-corrected chi connectivity index (χ3v) is 4.95. The fraction of sp³-hybridized carbons (Fsp3) is 0.188. The van der Waals surface area contributed by atoms with Crippen LogP contribution in [0, 0.1) is 23.3 Å². The van der Waals surface area contributed by atoms with E-state index in [-0.39, 0.29) is 5.56 Å². The highest BCUT2D eigenvalue weighted by Crippen LogP contribution is 2.24. The molecule has 0 unspecified atom stereocenters. The Balaban J connectivity index is 2.42. The summed E-state index contributed by atoms with van der Waals surface area (Å²) in [6.45, 7) is 0. The molecule has 10 heteroatoms. The van der Waals surface area contributed by atoms with Crippen LogP contribution >= 0.6 is 0 Å². The molecular weight excluding hydrogens is 378 g/mol. The van der Waals surface area contributed by atoms with E-state index in [9.17, 15) is 30.8 Å². The van der Waals surface area contributed by atoms with E-state index in [0.29, 0.717) is 12.1 Å². The van der Waals surface area contributed by atoms with Crippen molar-refractivity contribution in [2.75, 3.05) is 7.11 Å². The Bertz CT molecular complexity index is 917. The second kappa shape index (κ2) is 7.83. The van der Waals surface area contributed by atoms with E-state index in [0.717, 1.165) is 19.2 Å². The summed E-state index contributed by atoms with van der Waals surface area (Å²) in [6.07, 6.45) is -0.493. The van der Waals surface area contributed by atoms with Crippen molar-refractivity contribution in [2.24, 2.45) is 0 Å². The molecule has 0 aromatic heterocycles. The number of esters is 1. The molecule has 2 rings (SSSR count). The third kappa shape index (κ3) is 4.38. The molecule has 0 saturated carbocycles. The summed E-state index contributed by atoms with van der Waals surface area (Å²) < 4.78 is 84.4. The first-order chi connectivity index (χ1) is 12.2. The van der Waals surface area contributed by atoms with Gasteiger partial charge in [0.1, 0.15) is 10.7 Å². The highest BCUT2D eigenvalue weighted by atomic mass is 32.2. The van der Waals surface area contributed by atoms with Crippen LogP contribution in [0.5, 0.6) is 0 Å². The number of ether oxygens (including phenoxy) is 1. The van der Waals surface area contributed by atoms with Crippen molar-refractivity contribution in [3.05, 3.63) is 65.2 Å². The van der Waals surface area contributed by atoms with Crippen molar-refractivity contribution in [1.29, 1.82) is 0 Å². The van der Waals surface area contributed by atoms with E-state index in [1.807, 2.05) is 4.72 Å². The standard InChI is InChI=1S/C16H13F4NO4S/c1-25-14(22)8-12(9-2-4-10(17)5-3-9)21-26(23,24)13-7-6-11(18)15(19)16(13)20/h2-7,12,21H,8H2,1H3/t12-/m1/s1. The first-order valence-corrected chi connectivity index (χ1v) is 8.62. The number of carbonyl (C=O) groups excluding carboxylic acids is 1. The molecule has 0 radical (unpaired) electrons. The minimum absolute atomic E-state index is 0.184. The van der Waals surface area contributed by atoms with Gasteiger partial charge in [-0.1, -0.05) is 12.1 Å². The number of nitrogens with one attached hydrogen (secondary N) is 1. The van der Waals surface area contributed by atoms with Gasteiger partial charge in [-0.3, -0.25) is 4.79 Å². The number of hydrogen-bond donors (Lipinski definition) is 1. The Morgan fingerprint density at radius 1 is 1.04 bits per heavy atom. The second-order valence-corrected chi connectivity index (χ2v) is 6.86. The van der Waals surface area contributed by atoms with Gasteiger partial charge in [-0.25, -0.2) is 30.7 Å². The largest absolute Gasteiger partial charge is 0.469 e. The minimum Gasteiger partial charge on any atom is -0.469 e. The Labute approximate surface area is 146 Å². The lowest BCUT2D eigenvalue weighted by molar-refractivity contribution is -0.141. The zero-order valence-electron chi connectivity index (χ0n) is 13.3. The number of carbonyl (C=O) groups is 1. The summed E-state index contributed by atoms with van der Waals surface area (Å²) in [6, 6.07) is 4.26. The lowest BCUT2D eigenvalue weighted by Crippen LogP contribution is -2.31. The van der Waals surface area contributed by atoms with E-state index in [4.69, 9.17) is 0 Å².